The third-order valence-corrected chi connectivity index (χ3v) is 2.34. The molecular formula is C12H16F3NO. The number of alkyl halides is 3. The summed E-state index contributed by atoms with van der Waals surface area (Å²) < 4.78 is 43.0. The van der Waals surface area contributed by atoms with Crippen molar-refractivity contribution in [2.24, 2.45) is 0 Å². The summed E-state index contributed by atoms with van der Waals surface area (Å²) in [5.41, 5.74) is -0.105. The lowest BCUT2D eigenvalue weighted by molar-refractivity contribution is -0.137. The second-order valence-corrected chi connectivity index (χ2v) is 3.62. The van der Waals surface area contributed by atoms with Gasteiger partial charge in [0.25, 0.3) is 0 Å². The van der Waals surface area contributed by atoms with E-state index in [0.717, 1.165) is 12.1 Å². The molecular weight excluding hydrogens is 231 g/mol. The van der Waals surface area contributed by atoms with E-state index in [0.29, 0.717) is 18.7 Å². The highest BCUT2D eigenvalue weighted by Crippen LogP contribution is 2.31. The number of likely N-dealkylation sites (N-methyl/N-ethyl adjacent to an activating group) is 1. The van der Waals surface area contributed by atoms with Gasteiger partial charge >= 0.3 is 6.18 Å². The molecule has 0 aliphatic heterocycles. The number of hydrogen-bond acceptors (Lipinski definition) is 2. The first-order chi connectivity index (χ1) is 7.99. The van der Waals surface area contributed by atoms with Crippen molar-refractivity contribution in [3.63, 3.8) is 0 Å². The minimum atomic E-state index is -4.31. The first-order valence-corrected chi connectivity index (χ1v) is 5.42. The first-order valence-electron chi connectivity index (χ1n) is 5.42. The number of halogens is 3. The van der Waals surface area contributed by atoms with Crippen LogP contribution in [0.5, 0.6) is 0 Å². The molecule has 17 heavy (non-hydrogen) atoms. The van der Waals surface area contributed by atoms with Gasteiger partial charge in [-0.15, -0.1) is 0 Å². The molecule has 0 aliphatic rings. The maximum absolute atomic E-state index is 12.5. The Bertz CT molecular complexity index is 346. The predicted octanol–water partition coefficient (Wildman–Crippen LogP) is 3.00. The molecule has 0 saturated heterocycles. The monoisotopic (exact) mass is 247 g/mol. The van der Waals surface area contributed by atoms with Gasteiger partial charge in [0, 0.05) is 13.2 Å². The fourth-order valence-electron chi connectivity index (χ4n) is 1.57. The van der Waals surface area contributed by atoms with Gasteiger partial charge in [0.05, 0.1) is 11.7 Å². The highest BCUT2D eigenvalue weighted by molar-refractivity contribution is 5.27. The van der Waals surface area contributed by atoms with Crippen LogP contribution in [-0.2, 0) is 10.9 Å². The van der Waals surface area contributed by atoms with Crippen molar-refractivity contribution < 1.29 is 17.9 Å². The molecule has 1 rings (SSSR count). The van der Waals surface area contributed by atoms with E-state index in [4.69, 9.17) is 4.74 Å². The molecule has 0 saturated carbocycles. The lowest BCUT2D eigenvalue weighted by Crippen LogP contribution is -2.20. The topological polar surface area (TPSA) is 21.3 Å². The summed E-state index contributed by atoms with van der Waals surface area (Å²) in [4.78, 5) is 0. The fraction of sp³-hybridized carbons (Fsp3) is 0.500. The van der Waals surface area contributed by atoms with Crippen molar-refractivity contribution in [1.82, 2.24) is 5.32 Å². The van der Waals surface area contributed by atoms with Crippen LogP contribution in [0.4, 0.5) is 13.2 Å². The van der Waals surface area contributed by atoms with Gasteiger partial charge in [0.1, 0.15) is 0 Å². The van der Waals surface area contributed by atoms with E-state index in [-0.39, 0.29) is 6.10 Å². The zero-order valence-electron chi connectivity index (χ0n) is 9.84. The van der Waals surface area contributed by atoms with Gasteiger partial charge in [0.2, 0.25) is 0 Å². The summed E-state index contributed by atoms with van der Waals surface area (Å²) in [6.07, 6.45) is -4.67. The smallest absolute Gasteiger partial charge is 0.372 e. The molecule has 1 atom stereocenters. The fourth-order valence-corrected chi connectivity index (χ4v) is 1.57. The minimum absolute atomic E-state index is 0.354. The Morgan fingerprint density at radius 2 is 2.06 bits per heavy atom. The summed E-state index contributed by atoms with van der Waals surface area (Å²) >= 11 is 0. The second-order valence-electron chi connectivity index (χ2n) is 3.62. The van der Waals surface area contributed by atoms with Gasteiger partial charge in [-0.1, -0.05) is 12.1 Å². The molecule has 5 heteroatoms. The van der Waals surface area contributed by atoms with Crippen molar-refractivity contribution in [3.05, 3.63) is 35.4 Å². The van der Waals surface area contributed by atoms with Gasteiger partial charge in [0.15, 0.2) is 0 Å². The Hall–Kier alpha value is -1.07. The molecule has 0 aromatic heterocycles. The van der Waals surface area contributed by atoms with Crippen LogP contribution in [0.3, 0.4) is 0 Å². The van der Waals surface area contributed by atoms with E-state index in [1.54, 1.807) is 13.1 Å². The summed E-state index contributed by atoms with van der Waals surface area (Å²) in [7, 11) is 1.74. The zero-order chi connectivity index (χ0) is 12.9. The number of ether oxygens (including phenoxy) is 1. The molecule has 1 aromatic rings. The van der Waals surface area contributed by atoms with Crippen molar-refractivity contribution >= 4 is 0 Å². The van der Waals surface area contributed by atoms with Gasteiger partial charge in [-0.05, 0) is 31.7 Å². The molecule has 0 spiro atoms. The van der Waals surface area contributed by atoms with Crippen molar-refractivity contribution in [2.75, 3.05) is 20.2 Å². The minimum Gasteiger partial charge on any atom is -0.372 e. The molecule has 0 heterocycles. The van der Waals surface area contributed by atoms with Gasteiger partial charge in [-0.25, -0.2) is 0 Å². The average molecular weight is 247 g/mol. The summed E-state index contributed by atoms with van der Waals surface area (Å²) in [5.74, 6) is 0. The van der Waals surface area contributed by atoms with Gasteiger partial charge in [-0.2, -0.15) is 13.2 Å². The molecule has 0 radical (unpaired) electrons. The van der Waals surface area contributed by atoms with E-state index in [9.17, 15) is 13.2 Å². The third kappa shape index (κ3) is 4.02. The maximum atomic E-state index is 12.5. The van der Waals surface area contributed by atoms with Crippen LogP contribution in [0.2, 0.25) is 0 Å². The molecule has 0 bridgehead atoms. The van der Waals surface area contributed by atoms with Gasteiger partial charge < -0.3 is 10.1 Å². The average Bonchev–Trinajstić information content (AvgIpc) is 2.28. The molecule has 0 unspecified atom stereocenters. The van der Waals surface area contributed by atoms with E-state index in [2.05, 4.69) is 5.32 Å². The quantitative estimate of drug-likeness (QED) is 0.863. The van der Waals surface area contributed by atoms with E-state index in [1.165, 1.54) is 6.07 Å². The molecule has 2 nitrogen and oxygen atoms in total. The Balaban J connectivity index is 2.95. The van der Waals surface area contributed by atoms with Crippen LogP contribution < -0.4 is 5.32 Å². The highest BCUT2D eigenvalue weighted by Gasteiger charge is 2.30. The first kappa shape index (κ1) is 14.0. The summed E-state index contributed by atoms with van der Waals surface area (Å²) in [6, 6.07) is 5.25. The number of benzene rings is 1. The van der Waals surface area contributed by atoms with Crippen LogP contribution in [0.15, 0.2) is 24.3 Å². The highest BCUT2D eigenvalue weighted by atomic mass is 19.4. The van der Waals surface area contributed by atoms with Crippen molar-refractivity contribution in [2.45, 2.75) is 19.2 Å². The molecule has 1 aromatic carbocycles. The Morgan fingerprint density at radius 1 is 1.35 bits per heavy atom. The second kappa shape index (κ2) is 6.02. The zero-order valence-corrected chi connectivity index (χ0v) is 9.84. The molecule has 1 N–H and O–H groups in total. The normalized spacial score (nSPS) is 13.7. The van der Waals surface area contributed by atoms with E-state index < -0.39 is 11.7 Å². The molecule has 0 fully saturated rings. The van der Waals surface area contributed by atoms with Gasteiger partial charge in [-0.3, -0.25) is 0 Å². The van der Waals surface area contributed by atoms with E-state index in [1.807, 2.05) is 6.92 Å². The van der Waals surface area contributed by atoms with Crippen LogP contribution in [-0.4, -0.2) is 20.2 Å². The predicted molar refractivity (Wildman–Crippen MR) is 59.7 cm³/mol. The third-order valence-electron chi connectivity index (χ3n) is 2.34. The SMILES string of the molecule is CCO[C@@H](CNC)c1cccc(C(F)(F)F)c1. The summed E-state index contributed by atoms with van der Waals surface area (Å²) in [5, 5.41) is 2.90. The Kier molecular flexibility index (Phi) is 4.96. The molecule has 0 amide bonds. The van der Waals surface area contributed by atoms with Crippen molar-refractivity contribution in [3.8, 4) is 0 Å². The molecule has 0 aliphatic carbocycles. The Labute approximate surface area is 98.8 Å². The summed E-state index contributed by atoms with van der Waals surface area (Å²) in [6.45, 7) is 2.76. The van der Waals surface area contributed by atoms with Crippen LogP contribution in [0.1, 0.15) is 24.2 Å². The maximum Gasteiger partial charge on any atom is 0.416 e. The van der Waals surface area contributed by atoms with Crippen LogP contribution in [0, 0.1) is 0 Å². The largest absolute Gasteiger partial charge is 0.416 e. The van der Waals surface area contributed by atoms with Crippen molar-refractivity contribution in [1.29, 1.82) is 0 Å². The lowest BCUT2D eigenvalue weighted by atomic mass is 10.1. The van der Waals surface area contributed by atoms with Crippen LogP contribution in [0.25, 0.3) is 0 Å². The number of nitrogens with one attached hydrogen (secondary N) is 1. The number of rotatable bonds is 5. The lowest BCUT2D eigenvalue weighted by Gasteiger charge is -2.18. The Morgan fingerprint density at radius 3 is 2.59 bits per heavy atom. The van der Waals surface area contributed by atoms with E-state index >= 15 is 0 Å². The standard InChI is InChI=1S/C12H16F3NO/c1-3-17-11(8-16-2)9-5-4-6-10(7-9)12(13,14)15/h4-7,11,16H,3,8H2,1-2H3/t11-/m0/s1. The van der Waals surface area contributed by atoms with Crippen LogP contribution >= 0.6 is 0 Å². The number of hydrogen-bond donors (Lipinski definition) is 1. The molecule has 96 valence electrons.